The van der Waals surface area contributed by atoms with E-state index in [2.05, 4.69) is 9.82 Å². The van der Waals surface area contributed by atoms with Crippen LogP contribution in [0.25, 0.3) is 0 Å². The summed E-state index contributed by atoms with van der Waals surface area (Å²) in [5.41, 5.74) is 2.44. The highest BCUT2D eigenvalue weighted by Crippen LogP contribution is 2.22. The highest BCUT2D eigenvalue weighted by Gasteiger charge is 2.28. The lowest BCUT2D eigenvalue weighted by atomic mass is 10.2. The third-order valence-electron chi connectivity index (χ3n) is 4.40. The van der Waals surface area contributed by atoms with E-state index < -0.39 is 10.0 Å². The van der Waals surface area contributed by atoms with Gasteiger partial charge in [-0.05, 0) is 44.0 Å². The molecule has 0 radical (unpaired) electrons. The summed E-state index contributed by atoms with van der Waals surface area (Å²) in [5.74, 6) is -0.164. The summed E-state index contributed by atoms with van der Waals surface area (Å²) in [4.78, 5) is 14.3. The number of benzene rings is 1. The van der Waals surface area contributed by atoms with Crippen molar-refractivity contribution < 1.29 is 13.2 Å². The average molecular weight is 362 g/mol. The monoisotopic (exact) mass is 362 g/mol. The number of sulfonamides is 1. The van der Waals surface area contributed by atoms with Crippen LogP contribution in [0.15, 0.2) is 35.4 Å². The fraction of sp³-hybridized carbons (Fsp3) is 0.412. The van der Waals surface area contributed by atoms with Gasteiger partial charge >= 0.3 is 0 Å². The molecule has 7 nitrogen and oxygen atoms in total. The Labute approximate surface area is 147 Å². The van der Waals surface area contributed by atoms with Gasteiger partial charge in [-0.1, -0.05) is 0 Å². The Bertz CT molecular complexity index is 883. The number of carbonyl (C=O) groups is 1. The summed E-state index contributed by atoms with van der Waals surface area (Å²) in [6.45, 7) is 2.40. The molecule has 1 N–H and O–H groups in total. The van der Waals surface area contributed by atoms with Gasteiger partial charge in [0.1, 0.15) is 0 Å². The van der Waals surface area contributed by atoms with Gasteiger partial charge in [-0.25, -0.2) is 13.1 Å². The second-order valence-electron chi connectivity index (χ2n) is 6.46. The quantitative estimate of drug-likeness (QED) is 0.843. The van der Waals surface area contributed by atoms with Gasteiger partial charge in [-0.2, -0.15) is 5.10 Å². The Kier molecular flexibility index (Phi) is 4.66. The molecular formula is C17H22N4O3S. The van der Waals surface area contributed by atoms with Crippen LogP contribution in [-0.4, -0.2) is 42.1 Å². The summed E-state index contributed by atoms with van der Waals surface area (Å²) in [6.07, 6.45) is 3.51. The average Bonchev–Trinajstić information content (AvgIpc) is 3.34. The first-order chi connectivity index (χ1) is 11.8. The van der Waals surface area contributed by atoms with Crippen molar-refractivity contribution in [1.29, 1.82) is 0 Å². The maximum absolute atomic E-state index is 12.5. The number of nitrogens with one attached hydrogen (secondary N) is 1. The van der Waals surface area contributed by atoms with E-state index in [0.29, 0.717) is 12.1 Å². The molecule has 0 saturated heterocycles. The number of nitrogens with zero attached hydrogens (tertiary/aromatic N) is 3. The molecular weight excluding hydrogens is 340 g/mol. The second-order valence-corrected chi connectivity index (χ2v) is 8.17. The van der Waals surface area contributed by atoms with Crippen LogP contribution < -0.4 is 4.72 Å². The van der Waals surface area contributed by atoms with E-state index in [1.54, 1.807) is 35.0 Å². The molecule has 1 amide bonds. The zero-order chi connectivity index (χ0) is 18.2. The topological polar surface area (TPSA) is 84.3 Å². The summed E-state index contributed by atoms with van der Waals surface area (Å²) < 4.78 is 28.7. The molecule has 1 fully saturated rings. The van der Waals surface area contributed by atoms with Crippen LogP contribution in [0.3, 0.4) is 0 Å². The van der Waals surface area contributed by atoms with Crippen molar-refractivity contribution in [3.63, 3.8) is 0 Å². The Hall–Kier alpha value is -2.19. The fourth-order valence-electron chi connectivity index (χ4n) is 2.51. The summed E-state index contributed by atoms with van der Waals surface area (Å²) >= 11 is 0. The zero-order valence-electron chi connectivity index (χ0n) is 14.6. The van der Waals surface area contributed by atoms with Gasteiger partial charge in [0.25, 0.3) is 5.91 Å². The van der Waals surface area contributed by atoms with Crippen molar-refractivity contribution in [3.05, 3.63) is 47.3 Å². The largest absolute Gasteiger partial charge is 0.337 e. The van der Waals surface area contributed by atoms with Crippen molar-refractivity contribution in [3.8, 4) is 0 Å². The molecule has 1 saturated carbocycles. The normalized spacial score (nSPS) is 14.5. The van der Waals surface area contributed by atoms with Gasteiger partial charge in [0.2, 0.25) is 10.0 Å². The molecule has 1 aliphatic carbocycles. The van der Waals surface area contributed by atoms with Gasteiger partial charge in [-0.3, -0.25) is 9.48 Å². The maximum Gasteiger partial charge on any atom is 0.253 e. The van der Waals surface area contributed by atoms with Crippen molar-refractivity contribution in [2.75, 3.05) is 7.05 Å². The number of hydrogen-bond donors (Lipinski definition) is 1. The Morgan fingerprint density at radius 2 is 1.96 bits per heavy atom. The first-order valence-electron chi connectivity index (χ1n) is 8.13. The van der Waals surface area contributed by atoms with Crippen LogP contribution in [0.5, 0.6) is 0 Å². The van der Waals surface area contributed by atoms with Gasteiger partial charge in [-0.15, -0.1) is 0 Å². The molecule has 0 atom stereocenters. The highest BCUT2D eigenvalue weighted by atomic mass is 32.2. The molecule has 0 bridgehead atoms. The van der Waals surface area contributed by atoms with Crippen LogP contribution in [0, 0.1) is 6.92 Å². The molecule has 1 aromatic heterocycles. The molecule has 3 rings (SSSR count). The zero-order valence-corrected chi connectivity index (χ0v) is 15.4. The number of aromatic nitrogens is 2. The van der Waals surface area contributed by atoms with Crippen molar-refractivity contribution in [2.45, 2.75) is 37.2 Å². The van der Waals surface area contributed by atoms with Gasteiger partial charge in [0.05, 0.1) is 11.1 Å². The SMILES string of the molecule is Cc1c(CN(C)C(=O)c2ccc(S(=O)(=O)NC3CC3)cc2)cnn1C. The molecule has 134 valence electrons. The number of aryl methyl sites for hydroxylation is 1. The molecule has 1 heterocycles. The number of carbonyl (C=O) groups excluding carboxylic acids is 1. The number of hydrogen-bond acceptors (Lipinski definition) is 4. The van der Waals surface area contributed by atoms with Crippen molar-refractivity contribution in [2.24, 2.45) is 7.05 Å². The van der Waals surface area contributed by atoms with Gasteiger partial charge < -0.3 is 4.90 Å². The first-order valence-corrected chi connectivity index (χ1v) is 9.61. The van der Waals surface area contributed by atoms with E-state index in [9.17, 15) is 13.2 Å². The summed E-state index contributed by atoms with van der Waals surface area (Å²) in [6, 6.07) is 6.11. The van der Waals surface area contributed by atoms with E-state index in [0.717, 1.165) is 24.1 Å². The molecule has 0 spiro atoms. The predicted molar refractivity (Wildman–Crippen MR) is 93.5 cm³/mol. The number of rotatable bonds is 6. The van der Waals surface area contributed by atoms with E-state index in [4.69, 9.17) is 0 Å². The van der Waals surface area contributed by atoms with Crippen molar-refractivity contribution >= 4 is 15.9 Å². The molecule has 8 heteroatoms. The first kappa shape index (κ1) is 17.6. The summed E-state index contributed by atoms with van der Waals surface area (Å²) in [7, 11) is 0.0759. The molecule has 1 aromatic carbocycles. The molecule has 25 heavy (non-hydrogen) atoms. The standard InChI is InChI=1S/C17H22N4O3S/c1-12-14(10-18-21(12)3)11-20(2)17(22)13-4-8-16(9-5-13)25(23,24)19-15-6-7-15/h4-5,8-10,15,19H,6-7,11H2,1-3H3. The molecule has 2 aromatic rings. The molecule has 0 unspecified atom stereocenters. The minimum atomic E-state index is -3.50. The second kappa shape index (κ2) is 6.61. The van der Waals surface area contributed by atoms with E-state index >= 15 is 0 Å². The van der Waals surface area contributed by atoms with E-state index in [1.807, 2.05) is 14.0 Å². The Morgan fingerprint density at radius 1 is 1.32 bits per heavy atom. The van der Waals surface area contributed by atoms with Crippen LogP contribution in [-0.2, 0) is 23.6 Å². The fourth-order valence-corrected chi connectivity index (χ4v) is 3.82. The van der Waals surface area contributed by atoms with Gasteiger partial charge in [0, 0.05) is 43.5 Å². The maximum atomic E-state index is 12.5. The lowest BCUT2D eigenvalue weighted by Crippen LogP contribution is -2.27. The number of amides is 1. The highest BCUT2D eigenvalue weighted by molar-refractivity contribution is 7.89. The third kappa shape index (κ3) is 3.91. The van der Waals surface area contributed by atoms with Crippen molar-refractivity contribution in [1.82, 2.24) is 19.4 Å². The predicted octanol–water partition coefficient (Wildman–Crippen LogP) is 1.44. The van der Waals surface area contributed by atoms with Crippen LogP contribution >= 0.6 is 0 Å². The molecule has 0 aliphatic heterocycles. The van der Waals surface area contributed by atoms with Crippen LogP contribution in [0.4, 0.5) is 0 Å². The lowest BCUT2D eigenvalue weighted by Gasteiger charge is -2.17. The lowest BCUT2D eigenvalue weighted by molar-refractivity contribution is 0.0785. The minimum Gasteiger partial charge on any atom is -0.337 e. The van der Waals surface area contributed by atoms with E-state index in [1.165, 1.54) is 12.1 Å². The summed E-state index contributed by atoms with van der Waals surface area (Å²) in [5, 5.41) is 4.17. The Morgan fingerprint density at radius 3 is 2.48 bits per heavy atom. The van der Waals surface area contributed by atoms with Crippen LogP contribution in [0.1, 0.15) is 34.5 Å². The molecule has 1 aliphatic rings. The third-order valence-corrected chi connectivity index (χ3v) is 5.94. The smallest absolute Gasteiger partial charge is 0.253 e. The Balaban J connectivity index is 1.70. The minimum absolute atomic E-state index is 0.0557. The van der Waals surface area contributed by atoms with E-state index in [-0.39, 0.29) is 16.8 Å². The van der Waals surface area contributed by atoms with Crippen LogP contribution in [0.2, 0.25) is 0 Å². The van der Waals surface area contributed by atoms with Gasteiger partial charge in [0.15, 0.2) is 0 Å².